The zero-order valence-electron chi connectivity index (χ0n) is 17.3. The monoisotopic (exact) mass is 392 g/mol. The molecule has 1 aromatic carbocycles. The third-order valence-electron chi connectivity index (χ3n) is 6.16. The van der Waals surface area contributed by atoms with Gasteiger partial charge in [0.2, 0.25) is 5.91 Å². The summed E-state index contributed by atoms with van der Waals surface area (Å²) in [5.41, 5.74) is 3.07. The number of nitrogens with zero attached hydrogens (tertiary/aromatic N) is 4. The highest BCUT2D eigenvalue weighted by Crippen LogP contribution is 2.46. The van der Waals surface area contributed by atoms with Gasteiger partial charge in [0, 0.05) is 49.4 Å². The molecular formula is C23H28N4O2. The summed E-state index contributed by atoms with van der Waals surface area (Å²) in [6.07, 6.45) is 3.31. The molecule has 6 heteroatoms. The van der Waals surface area contributed by atoms with Crippen LogP contribution in [0.2, 0.25) is 0 Å². The third kappa shape index (κ3) is 3.77. The number of carbonyl (C=O) groups is 2. The van der Waals surface area contributed by atoms with Gasteiger partial charge in [0.1, 0.15) is 0 Å². The van der Waals surface area contributed by atoms with Crippen molar-refractivity contribution in [3.8, 4) is 0 Å². The highest BCUT2D eigenvalue weighted by atomic mass is 16.2. The Kier molecular flexibility index (Phi) is 5.37. The number of likely N-dealkylation sites (tertiary alicyclic amines) is 2. The maximum absolute atomic E-state index is 13.0. The van der Waals surface area contributed by atoms with Crippen LogP contribution in [0.25, 0.3) is 0 Å². The molecule has 0 spiro atoms. The van der Waals surface area contributed by atoms with Gasteiger partial charge in [0.25, 0.3) is 5.91 Å². The van der Waals surface area contributed by atoms with Gasteiger partial charge in [-0.25, -0.2) is 0 Å². The number of amides is 2. The van der Waals surface area contributed by atoms with E-state index in [1.54, 1.807) is 24.5 Å². The lowest BCUT2D eigenvalue weighted by molar-refractivity contribution is -0.133. The second kappa shape index (κ2) is 7.95. The summed E-state index contributed by atoms with van der Waals surface area (Å²) in [4.78, 5) is 35.9. The van der Waals surface area contributed by atoms with Crippen LogP contribution >= 0.6 is 0 Å². The minimum absolute atomic E-state index is 0.0175. The molecule has 0 bridgehead atoms. The first kappa shape index (κ1) is 19.6. The van der Waals surface area contributed by atoms with Gasteiger partial charge in [-0.1, -0.05) is 24.3 Å². The van der Waals surface area contributed by atoms with Crippen molar-refractivity contribution >= 4 is 11.8 Å². The van der Waals surface area contributed by atoms with Crippen molar-refractivity contribution in [1.29, 1.82) is 0 Å². The smallest absolute Gasteiger partial charge is 0.253 e. The molecule has 0 saturated carbocycles. The lowest BCUT2D eigenvalue weighted by Gasteiger charge is -2.31. The molecule has 3 atom stereocenters. The first-order valence-corrected chi connectivity index (χ1v) is 10.1. The third-order valence-corrected chi connectivity index (χ3v) is 6.16. The van der Waals surface area contributed by atoms with E-state index in [0.717, 1.165) is 0 Å². The van der Waals surface area contributed by atoms with Crippen LogP contribution in [-0.2, 0) is 4.79 Å². The Labute approximate surface area is 172 Å². The summed E-state index contributed by atoms with van der Waals surface area (Å²) in [6, 6.07) is 11.9. The second-order valence-electron chi connectivity index (χ2n) is 8.46. The molecule has 29 heavy (non-hydrogen) atoms. The molecule has 152 valence electrons. The number of benzene rings is 1. The van der Waals surface area contributed by atoms with Gasteiger partial charge in [0.15, 0.2) is 0 Å². The Morgan fingerprint density at radius 1 is 1.07 bits per heavy atom. The van der Waals surface area contributed by atoms with E-state index in [4.69, 9.17) is 0 Å². The zero-order valence-corrected chi connectivity index (χ0v) is 17.3. The zero-order chi connectivity index (χ0) is 20.5. The van der Waals surface area contributed by atoms with Crippen LogP contribution in [0.3, 0.4) is 0 Å². The van der Waals surface area contributed by atoms with Crippen LogP contribution in [0.4, 0.5) is 0 Å². The van der Waals surface area contributed by atoms with E-state index in [0.29, 0.717) is 37.7 Å². The fraction of sp³-hybridized carbons (Fsp3) is 0.435. The van der Waals surface area contributed by atoms with Crippen LogP contribution in [0, 0.1) is 18.8 Å². The molecule has 1 aromatic heterocycles. The Morgan fingerprint density at radius 3 is 2.48 bits per heavy atom. The number of likely N-dealkylation sites (N-methyl/N-ethyl adjacent to an activating group) is 1. The van der Waals surface area contributed by atoms with Gasteiger partial charge in [0.05, 0.1) is 12.6 Å². The van der Waals surface area contributed by atoms with E-state index in [9.17, 15) is 9.59 Å². The fourth-order valence-corrected chi connectivity index (χ4v) is 4.82. The molecule has 3 heterocycles. The van der Waals surface area contributed by atoms with Gasteiger partial charge in [-0.15, -0.1) is 0 Å². The van der Waals surface area contributed by atoms with Gasteiger partial charge >= 0.3 is 0 Å². The maximum Gasteiger partial charge on any atom is 0.253 e. The molecule has 2 aliphatic rings. The predicted octanol–water partition coefficient (Wildman–Crippen LogP) is 2.22. The van der Waals surface area contributed by atoms with Crippen molar-refractivity contribution in [1.82, 2.24) is 19.7 Å². The number of aryl methyl sites for hydroxylation is 1. The lowest BCUT2D eigenvalue weighted by atomic mass is 9.87. The highest BCUT2D eigenvalue weighted by Gasteiger charge is 2.50. The van der Waals surface area contributed by atoms with E-state index in [-0.39, 0.29) is 23.8 Å². The highest BCUT2D eigenvalue weighted by molar-refractivity contribution is 5.94. The number of hydrogen-bond acceptors (Lipinski definition) is 4. The summed E-state index contributed by atoms with van der Waals surface area (Å²) >= 11 is 0. The molecule has 4 rings (SSSR count). The number of carbonyl (C=O) groups excluding carboxylic acids is 2. The second-order valence-corrected chi connectivity index (χ2v) is 8.46. The summed E-state index contributed by atoms with van der Waals surface area (Å²) < 4.78 is 0. The van der Waals surface area contributed by atoms with Gasteiger partial charge in [-0.05, 0) is 44.3 Å². The van der Waals surface area contributed by atoms with Gasteiger partial charge in [-0.2, -0.15) is 0 Å². The Bertz CT molecular complexity index is 899. The van der Waals surface area contributed by atoms with Crippen molar-refractivity contribution in [2.45, 2.75) is 13.0 Å². The maximum atomic E-state index is 13.0. The van der Waals surface area contributed by atoms with Gasteiger partial charge in [-0.3, -0.25) is 14.6 Å². The molecule has 2 amide bonds. The number of pyridine rings is 1. The molecule has 0 unspecified atom stereocenters. The van der Waals surface area contributed by atoms with Crippen LogP contribution in [0.15, 0.2) is 48.8 Å². The normalized spacial score (nSPS) is 23.5. The van der Waals surface area contributed by atoms with E-state index in [1.165, 1.54) is 11.1 Å². The Balaban J connectivity index is 1.61. The summed E-state index contributed by atoms with van der Waals surface area (Å²) in [6.45, 7) is 4.58. The first-order valence-electron chi connectivity index (χ1n) is 10.1. The van der Waals surface area contributed by atoms with E-state index in [2.05, 4.69) is 24.0 Å². The van der Waals surface area contributed by atoms with Crippen LogP contribution in [-0.4, -0.2) is 71.8 Å². The summed E-state index contributed by atoms with van der Waals surface area (Å²) in [5.74, 6) is 0.769. The molecule has 2 saturated heterocycles. The summed E-state index contributed by atoms with van der Waals surface area (Å²) in [7, 11) is 3.85. The lowest BCUT2D eigenvalue weighted by Crippen LogP contribution is -2.41. The van der Waals surface area contributed by atoms with Crippen LogP contribution in [0.1, 0.15) is 27.5 Å². The van der Waals surface area contributed by atoms with Crippen molar-refractivity contribution in [2.24, 2.45) is 11.8 Å². The SMILES string of the molecule is Cc1ccccc1[C@H]1[C@@H]2CN(C(=O)c3ccncc3)C[C@@H]2CN1C(=O)CN(C)C. The molecule has 2 aromatic rings. The minimum Gasteiger partial charge on any atom is -0.338 e. The fourth-order valence-electron chi connectivity index (χ4n) is 4.82. The predicted molar refractivity (Wildman–Crippen MR) is 111 cm³/mol. The van der Waals surface area contributed by atoms with Crippen molar-refractivity contribution in [3.63, 3.8) is 0 Å². The molecule has 0 radical (unpaired) electrons. The number of fused-ring (bicyclic) bond motifs is 1. The largest absolute Gasteiger partial charge is 0.338 e. The molecule has 0 N–H and O–H groups in total. The quantitative estimate of drug-likeness (QED) is 0.801. The first-order chi connectivity index (χ1) is 14.0. The van der Waals surface area contributed by atoms with Gasteiger partial charge < -0.3 is 14.7 Å². The Hall–Kier alpha value is -2.73. The Morgan fingerprint density at radius 2 is 1.79 bits per heavy atom. The number of aromatic nitrogens is 1. The standard InChI is InChI=1S/C23H28N4O2/c1-16-6-4-5-7-19(16)22-20-14-26(23(29)17-8-10-24-11-9-17)12-18(20)13-27(22)21(28)15-25(2)3/h4-11,18,20,22H,12-15H2,1-3H3/t18-,20-,22+/m1/s1. The van der Waals surface area contributed by atoms with Crippen molar-refractivity contribution < 1.29 is 9.59 Å². The van der Waals surface area contributed by atoms with Crippen LogP contribution in [0.5, 0.6) is 0 Å². The molecule has 2 aliphatic heterocycles. The van der Waals surface area contributed by atoms with Crippen molar-refractivity contribution in [3.05, 3.63) is 65.5 Å². The molecular weight excluding hydrogens is 364 g/mol. The van der Waals surface area contributed by atoms with Crippen molar-refractivity contribution in [2.75, 3.05) is 40.3 Å². The average Bonchev–Trinajstić information content (AvgIpc) is 3.26. The average molecular weight is 393 g/mol. The minimum atomic E-state index is 0.0175. The molecule has 2 fully saturated rings. The van der Waals surface area contributed by atoms with Crippen LogP contribution < -0.4 is 0 Å². The van der Waals surface area contributed by atoms with E-state index < -0.39 is 0 Å². The number of rotatable bonds is 4. The van der Waals surface area contributed by atoms with E-state index in [1.807, 2.05) is 40.9 Å². The topological polar surface area (TPSA) is 56.8 Å². The molecule has 0 aliphatic carbocycles. The summed E-state index contributed by atoms with van der Waals surface area (Å²) in [5, 5.41) is 0. The molecule has 6 nitrogen and oxygen atoms in total. The van der Waals surface area contributed by atoms with E-state index >= 15 is 0 Å². The number of hydrogen-bond donors (Lipinski definition) is 0.